The molecular formula is C23H21FN2O4. The van der Waals surface area contributed by atoms with Crippen LogP contribution in [-0.4, -0.2) is 40.5 Å². The first-order chi connectivity index (χ1) is 14.6. The number of rotatable bonds is 6. The van der Waals surface area contributed by atoms with E-state index in [4.69, 9.17) is 4.74 Å². The molecule has 1 heterocycles. The number of amides is 1. The topological polar surface area (TPSA) is 91.7 Å². The van der Waals surface area contributed by atoms with Gasteiger partial charge in [-0.15, -0.1) is 0 Å². The van der Waals surface area contributed by atoms with Crippen LogP contribution in [0.3, 0.4) is 0 Å². The minimum absolute atomic E-state index is 0.0804. The Bertz CT molecular complexity index is 1010. The molecule has 0 bridgehead atoms. The van der Waals surface area contributed by atoms with Gasteiger partial charge in [0.1, 0.15) is 18.8 Å². The van der Waals surface area contributed by atoms with Crippen molar-refractivity contribution in [2.45, 2.75) is 18.1 Å². The fourth-order valence-corrected chi connectivity index (χ4v) is 3.78. The number of fused-ring (bicyclic) bond motifs is 3. The van der Waals surface area contributed by atoms with Crippen LogP contribution in [0.5, 0.6) is 0 Å². The second-order valence-corrected chi connectivity index (χ2v) is 7.10. The van der Waals surface area contributed by atoms with Crippen LogP contribution in [0.15, 0.2) is 66.9 Å². The molecule has 0 saturated carbocycles. The second kappa shape index (κ2) is 8.61. The monoisotopic (exact) mass is 408 g/mol. The van der Waals surface area contributed by atoms with Crippen molar-refractivity contribution in [2.75, 3.05) is 13.2 Å². The van der Waals surface area contributed by atoms with Crippen molar-refractivity contribution in [3.05, 3.63) is 89.5 Å². The number of halogens is 1. The van der Waals surface area contributed by atoms with Crippen molar-refractivity contribution in [1.82, 2.24) is 10.3 Å². The molecule has 1 amide bonds. The van der Waals surface area contributed by atoms with Gasteiger partial charge in [-0.2, -0.15) is 4.39 Å². The van der Waals surface area contributed by atoms with E-state index in [1.165, 1.54) is 18.3 Å². The van der Waals surface area contributed by atoms with E-state index in [-0.39, 0.29) is 24.6 Å². The van der Waals surface area contributed by atoms with Crippen LogP contribution in [-0.2, 0) is 4.74 Å². The van der Waals surface area contributed by atoms with E-state index in [0.717, 1.165) is 22.3 Å². The van der Waals surface area contributed by atoms with Crippen LogP contribution in [0.1, 0.15) is 28.7 Å². The van der Waals surface area contributed by atoms with Crippen molar-refractivity contribution in [2.24, 2.45) is 0 Å². The van der Waals surface area contributed by atoms with E-state index in [9.17, 15) is 19.4 Å². The van der Waals surface area contributed by atoms with Crippen LogP contribution >= 0.6 is 0 Å². The highest BCUT2D eigenvalue weighted by atomic mass is 19.1. The number of benzene rings is 2. The Morgan fingerprint density at radius 2 is 1.67 bits per heavy atom. The summed E-state index contributed by atoms with van der Waals surface area (Å²) in [4.78, 5) is 15.6. The number of aliphatic hydroxyl groups excluding tert-OH is 2. The van der Waals surface area contributed by atoms with Gasteiger partial charge in [-0.05, 0) is 28.3 Å². The Labute approximate surface area is 173 Å². The number of nitrogens with zero attached hydrogens (tertiary/aromatic N) is 1. The van der Waals surface area contributed by atoms with Gasteiger partial charge in [0.05, 0.1) is 0 Å². The highest BCUT2D eigenvalue weighted by Gasteiger charge is 2.29. The van der Waals surface area contributed by atoms with Gasteiger partial charge in [-0.3, -0.25) is 0 Å². The number of aliphatic hydroxyl groups is 2. The zero-order valence-electron chi connectivity index (χ0n) is 16.0. The van der Waals surface area contributed by atoms with Gasteiger partial charge < -0.3 is 20.3 Å². The molecule has 4 rings (SSSR count). The minimum atomic E-state index is -1.52. The predicted molar refractivity (Wildman–Crippen MR) is 108 cm³/mol. The molecule has 154 valence electrons. The molecular weight excluding hydrogens is 387 g/mol. The molecule has 2 unspecified atom stereocenters. The summed E-state index contributed by atoms with van der Waals surface area (Å²) in [5.74, 6) is -0.951. The Morgan fingerprint density at radius 3 is 2.30 bits per heavy atom. The molecule has 1 aliphatic carbocycles. The van der Waals surface area contributed by atoms with Gasteiger partial charge in [-0.1, -0.05) is 54.6 Å². The number of alkyl carbamates (subject to hydrolysis) is 1. The summed E-state index contributed by atoms with van der Waals surface area (Å²) in [6.45, 7) is -0.165. The number of pyridine rings is 1. The third-order valence-electron chi connectivity index (χ3n) is 5.27. The summed E-state index contributed by atoms with van der Waals surface area (Å²) in [5.41, 5.74) is 4.29. The van der Waals surface area contributed by atoms with Gasteiger partial charge in [0.2, 0.25) is 5.95 Å². The molecule has 1 aromatic heterocycles. The summed E-state index contributed by atoms with van der Waals surface area (Å²) in [6.07, 6.45) is -2.42. The van der Waals surface area contributed by atoms with Crippen molar-refractivity contribution >= 4 is 6.09 Å². The highest BCUT2D eigenvalue weighted by Crippen LogP contribution is 2.44. The lowest BCUT2D eigenvalue weighted by atomic mass is 9.98. The molecule has 0 fully saturated rings. The number of carbonyl (C=O) groups is 1. The lowest BCUT2D eigenvalue weighted by Gasteiger charge is -2.19. The number of carbonyl (C=O) groups excluding carboxylic acids is 1. The molecule has 7 heteroatoms. The first-order valence-electron chi connectivity index (χ1n) is 9.61. The Hall–Kier alpha value is -3.29. The SMILES string of the molecule is O=C(NCC(O)C(O)c1cccnc1F)OCC1c2ccccc2-c2ccccc21. The molecule has 3 aromatic rings. The number of hydrogen-bond donors (Lipinski definition) is 3. The van der Waals surface area contributed by atoms with Crippen LogP contribution < -0.4 is 5.32 Å². The summed E-state index contributed by atoms with van der Waals surface area (Å²) in [6, 6.07) is 18.8. The minimum Gasteiger partial charge on any atom is -0.449 e. The molecule has 2 aromatic carbocycles. The van der Waals surface area contributed by atoms with Gasteiger partial charge in [-0.25, -0.2) is 9.78 Å². The van der Waals surface area contributed by atoms with Crippen LogP contribution in [0.25, 0.3) is 11.1 Å². The Kier molecular flexibility index (Phi) is 5.74. The van der Waals surface area contributed by atoms with Crippen molar-refractivity contribution in [3.8, 4) is 11.1 Å². The van der Waals surface area contributed by atoms with Crippen molar-refractivity contribution in [1.29, 1.82) is 0 Å². The number of hydrogen-bond acceptors (Lipinski definition) is 5. The number of aromatic nitrogens is 1. The average Bonchev–Trinajstić information content (AvgIpc) is 3.09. The Morgan fingerprint density at radius 1 is 1.03 bits per heavy atom. The smallest absolute Gasteiger partial charge is 0.407 e. The van der Waals surface area contributed by atoms with Crippen LogP contribution in [0, 0.1) is 5.95 Å². The number of ether oxygens (including phenoxy) is 1. The first-order valence-corrected chi connectivity index (χ1v) is 9.61. The van der Waals surface area contributed by atoms with Gasteiger partial charge in [0.25, 0.3) is 0 Å². The van der Waals surface area contributed by atoms with Gasteiger partial charge >= 0.3 is 6.09 Å². The summed E-state index contributed by atoms with van der Waals surface area (Å²) >= 11 is 0. The lowest BCUT2D eigenvalue weighted by Crippen LogP contribution is -2.36. The van der Waals surface area contributed by atoms with E-state index in [0.29, 0.717) is 0 Å². The molecule has 3 N–H and O–H groups in total. The standard InChI is InChI=1S/C23H21FN2O4/c24-22-18(10-5-11-25-22)21(28)20(27)12-26-23(29)30-13-19-16-8-3-1-6-14(16)15-7-2-4-9-17(15)19/h1-11,19-21,27-28H,12-13H2,(H,26,29). The molecule has 1 aliphatic rings. The third-order valence-corrected chi connectivity index (χ3v) is 5.27. The average molecular weight is 408 g/mol. The molecule has 0 radical (unpaired) electrons. The predicted octanol–water partition coefficient (Wildman–Crippen LogP) is 3.15. The van der Waals surface area contributed by atoms with Crippen LogP contribution in [0.4, 0.5) is 9.18 Å². The van der Waals surface area contributed by atoms with E-state index in [2.05, 4.69) is 10.3 Å². The molecule has 2 atom stereocenters. The fraction of sp³-hybridized carbons (Fsp3) is 0.217. The maximum atomic E-state index is 13.6. The quantitative estimate of drug-likeness (QED) is 0.545. The zero-order chi connectivity index (χ0) is 21.1. The largest absolute Gasteiger partial charge is 0.449 e. The third kappa shape index (κ3) is 3.90. The van der Waals surface area contributed by atoms with Crippen molar-refractivity contribution < 1.29 is 24.1 Å². The van der Waals surface area contributed by atoms with E-state index in [1.807, 2.05) is 48.5 Å². The second-order valence-electron chi connectivity index (χ2n) is 7.10. The van der Waals surface area contributed by atoms with Crippen molar-refractivity contribution in [3.63, 3.8) is 0 Å². The summed E-state index contributed by atoms with van der Waals surface area (Å²) < 4.78 is 19.0. The molecule has 0 saturated heterocycles. The van der Waals surface area contributed by atoms with Crippen LogP contribution in [0.2, 0.25) is 0 Å². The summed E-state index contributed by atoms with van der Waals surface area (Å²) in [5, 5.41) is 22.6. The molecule has 0 aliphatic heterocycles. The van der Waals surface area contributed by atoms with E-state index < -0.39 is 24.2 Å². The van der Waals surface area contributed by atoms with Gasteiger partial charge in [0, 0.05) is 24.2 Å². The zero-order valence-corrected chi connectivity index (χ0v) is 16.0. The maximum Gasteiger partial charge on any atom is 0.407 e. The first kappa shape index (κ1) is 20.0. The maximum absolute atomic E-state index is 13.6. The van der Waals surface area contributed by atoms with Gasteiger partial charge in [0.15, 0.2) is 0 Å². The van der Waals surface area contributed by atoms with E-state index >= 15 is 0 Å². The lowest BCUT2D eigenvalue weighted by molar-refractivity contribution is 0.0161. The molecule has 6 nitrogen and oxygen atoms in total. The normalized spacial score (nSPS) is 14.5. The Balaban J connectivity index is 1.35. The number of nitrogens with one attached hydrogen (secondary N) is 1. The highest BCUT2D eigenvalue weighted by molar-refractivity contribution is 5.79. The summed E-state index contributed by atoms with van der Waals surface area (Å²) in [7, 11) is 0. The molecule has 0 spiro atoms. The molecule has 30 heavy (non-hydrogen) atoms. The fourth-order valence-electron chi connectivity index (χ4n) is 3.78. The van der Waals surface area contributed by atoms with E-state index in [1.54, 1.807) is 0 Å².